The van der Waals surface area contributed by atoms with Crippen LogP contribution >= 0.6 is 11.6 Å². The zero-order chi connectivity index (χ0) is 23.3. The van der Waals surface area contributed by atoms with Crippen LogP contribution in [0.2, 0.25) is 5.02 Å². The molecule has 5 N–H and O–H groups in total. The summed E-state index contributed by atoms with van der Waals surface area (Å²) in [4.78, 5) is 24.5. The summed E-state index contributed by atoms with van der Waals surface area (Å²) in [7, 11) is 0. The first-order valence-corrected chi connectivity index (χ1v) is 10.4. The molecule has 32 heavy (non-hydrogen) atoms. The van der Waals surface area contributed by atoms with Gasteiger partial charge in [-0.15, -0.1) is 0 Å². The molecule has 1 heterocycles. The van der Waals surface area contributed by atoms with Crippen LogP contribution in [0.1, 0.15) is 44.6 Å². The predicted octanol–water partition coefficient (Wildman–Crippen LogP) is 5.30. The molecule has 0 radical (unpaired) electrons. The number of nitrogens with one attached hydrogen (secondary N) is 3. The monoisotopic (exact) mass is 455 g/mol. The number of nitrogens with zero attached hydrogens (tertiary/aromatic N) is 1. The van der Waals surface area contributed by atoms with Gasteiger partial charge in [0.25, 0.3) is 0 Å². The largest absolute Gasteiger partial charge is 0.359 e. The van der Waals surface area contributed by atoms with Gasteiger partial charge < -0.3 is 20.9 Å². The van der Waals surface area contributed by atoms with Crippen LogP contribution in [-0.2, 0) is 10.2 Å². The Labute approximate surface area is 191 Å². The number of aromatic nitrogens is 1. The van der Waals surface area contributed by atoms with Gasteiger partial charge in [-0.3, -0.25) is 10.1 Å². The van der Waals surface area contributed by atoms with Crippen molar-refractivity contribution in [2.24, 2.45) is 5.73 Å². The fourth-order valence-electron chi connectivity index (χ4n) is 2.90. The lowest BCUT2D eigenvalue weighted by atomic mass is 9.93. The molecule has 0 aliphatic rings. The van der Waals surface area contributed by atoms with Crippen LogP contribution in [0.3, 0.4) is 0 Å². The highest BCUT2D eigenvalue weighted by Crippen LogP contribution is 2.25. The molecule has 1 atom stereocenters. The summed E-state index contributed by atoms with van der Waals surface area (Å²) < 4.78 is 5.25. The lowest BCUT2D eigenvalue weighted by Crippen LogP contribution is -2.21. The molecular formula is C23H26ClN5O3. The molecule has 0 saturated carbocycles. The maximum atomic E-state index is 12.3. The van der Waals surface area contributed by atoms with Crippen LogP contribution in [0.15, 0.2) is 59.1 Å². The van der Waals surface area contributed by atoms with Crippen molar-refractivity contribution in [2.45, 2.75) is 38.6 Å². The van der Waals surface area contributed by atoms with Gasteiger partial charge in [-0.05, 0) is 35.9 Å². The minimum atomic E-state index is -0.510. The van der Waals surface area contributed by atoms with Gasteiger partial charge in [0, 0.05) is 40.3 Å². The molecule has 1 unspecified atom stereocenters. The summed E-state index contributed by atoms with van der Waals surface area (Å²) in [5.41, 5.74) is 7.75. The third-order valence-corrected chi connectivity index (χ3v) is 4.97. The fraction of sp³-hybridized carbons (Fsp3) is 0.261. The molecule has 3 aromatic rings. The number of amides is 3. The van der Waals surface area contributed by atoms with E-state index in [2.05, 4.69) is 21.1 Å². The average Bonchev–Trinajstić information content (AvgIpc) is 3.18. The van der Waals surface area contributed by atoms with E-state index in [4.69, 9.17) is 21.9 Å². The average molecular weight is 456 g/mol. The Hall–Kier alpha value is -3.36. The zero-order valence-corrected chi connectivity index (χ0v) is 18.9. The van der Waals surface area contributed by atoms with Crippen LogP contribution < -0.4 is 21.7 Å². The van der Waals surface area contributed by atoms with Crippen molar-refractivity contribution < 1.29 is 14.1 Å². The first kappa shape index (κ1) is 23.3. The molecule has 0 spiro atoms. The Morgan fingerprint density at radius 2 is 1.66 bits per heavy atom. The third kappa shape index (κ3) is 6.32. The van der Waals surface area contributed by atoms with Gasteiger partial charge in [-0.1, -0.05) is 55.7 Å². The number of nitrogens with two attached hydrogens (primary N) is 1. The van der Waals surface area contributed by atoms with E-state index in [-0.39, 0.29) is 17.7 Å². The van der Waals surface area contributed by atoms with Gasteiger partial charge in [0.1, 0.15) is 5.76 Å². The van der Waals surface area contributed by atoms with E-state index in [1.807, 2.05) is 32.9 Å². The first-order valence-electron chi connectivity index (χ1n) is 10.1. The second kappa shape index (κ2) is 9.84. The molecule has 0 bridgehead atoms. The molecule has 0 aliphatic carbocycles. The highest BCUT2D eigenvalue weighted by Gasteiger charge is 2.20. The molecule has 9 heteroatoms. The summed E-state index contributed by atoms with van der Waals surface area (Å²) in [6.45, 7) is 5.96. The van der Waals surface area contributed by atoms with E-state index in [9.17, 15) is 9.59 Å². The van der Waals surface area contributed by atoms with E-state index >= 15 is 0 Å². The van der Waals surface area contributed by atoms with Crippen molar-refractivity contribution in [2.75, 3.05) is 16.0 Å². The molecule has 168 valence electrons. The Bertz CT molecular complexity index is 1090. The van der Waals surface area contributed by atoms with E-state index in [1.165, 1.54) is 0 Å². The summed E-state index contributed by atoms with van der Waals surface area (Å²) in [5.74, 6) is 0.755. The van der Waals surface area contributed by atoms with Crippen molar-refractivity contribution in [3.05, 3.63) is 70.9 Å². The predicted molar refractivity (Wildman–Crippen MR) is 126 cm³/mol. The molecule has 2 aromatic carbocycles. The minimum Gasteiger partial charge on any atom is -0.359 e. The highest BCUT2D eigenvalue weighted by molar-refractivity contribution is 6.31. The van der Waals surface area contributed by atoms with Crippen molar-refractivity contribution >= 4 is 40.7 Å². The van der Waals surface area contributed by atoms with Gasteiger partial charge in [-0.25, -0.2) is 4.79 Å². The van der Waals surface area contributed by atoms with Gasteiger partial charge in [0.15, 0.2) is 5.82 Å². The van der Waals surface area contributed by atoms with Gasteiger partial charge >= 0.3 is 6.03 Å². The van der Waals surface area contributed by atoms with Crippen molar-refractivity contribution in [3.63, 3.8) is 0 Å². The van der Waals surface area contributed by atoms with E-state index in [1.54, 1.807) is 42.5 Å². The highest BCUT2D eigenvalue weighted by atomic mass is 35.5. The maximum absolute atomic E-state index is 12.3. The van der Waals surface area contributed by atoms with Crippen LogP contribution in [0, 0.1) is 0 Å². The Kier molecular flexibility index (Phi) is 7.17. The second-order valence-corrected chi connectivity index (χ2v) is 8.77. The standard InChI is InChI=1S/C23H26ClN5O3/c1-23(2,3)19-13-20(29-32-19)28-22(31)27-15-10-8-14(9-11-15)26-21(30)12-18(25)16-6-4-5-7-17(16)24/h4-11,13,18H,12,25H2,1-3H3,(H,26,30)(H2,27,28,29,31). The summed E-state index contributed by atoms with van der Waals surface area (Å²) in [5, 5.41) is 12.5. The summed E-state index contributed by atoms with van der Waals surface area (Å²) >= 11 is 6.13. The number of carbonyl (C=O) groups excluding carboxylic acids is 2. The minimum absolute atomic E-state index is 0.0837. The SMILES string of the molecule is CC(C)(C)c1cc(NC(=O)Nc2ccc(NC(=O)CC(N)c3ccccc3Cl)cc2)no1. The number of halogens is 1. The lowest BCUT2D eigenvalue weighted by molar-refractivity contribution is -0.116. The van der Waals surface area contributed by atoms with Crippen LogP contribution in [0.4, 0.5) is 22.0 Å². The molecule has 0 fully saturated rings. The lowest BCUT2D eigenvalue weighted by Gasteiger charge is -2.14. The third-order valence-electron chi connectivity index (χ3n) is 4.63. The van der Waals surface area contributed by atoms with Crippen LogP contribution in [-0.4, -0.2) is 17.1 Å². The smallest absolute Gasteiger partial charge is 0.324 e. The topological polar surface area (TPSA) is 122 Å². The second-order valence-electron chi connectivity index (χ2n) is 8.36. The van der Waals surface area contributed by atoms with Crippen molar-refractivity contribution in [3.8, 4) is 0 Å². The quantitative estimate of drug-likeness (QED) is 0.401. The number of carbonyl (C=O) groups is 2. The van der Waals surface area contributed by atoms with Crippen molar-refractivity contribution in [1.82, 2.24) is 5.16 Å². The maximum Gasteiger partial charge on any atom is 0.324 e. The summed E-state index contributed by atoms with van der Waals surface area (Å²) in [6, 6.07) is 14.6. The molecular weight excluding hydrogens is 430 g/mol. The number of hydrogen-bond donors (Lipinski definition) is 4. The van der Waals surface area contributed by atoms with Crippen LogP contribution in [0.5, 0.6) is 0 Å². The Morgan fingerprint density at radius 3 is 2.25 bits per heavy atom. The Morgan fingerprint density at radius 1 is 1.03 bits per heavy atom. The van der Waals surface area contributed by atoms with E-state index in [0.717, 1.165) is 5.56 Å². The van der Waals surface area contributed by atoms with E-state index in [0.29, 0.717) is 28.0 Å². The number of anilines is 3. The van der Waals surface area contributed by atoms with Crippen molar-refractivity contribution in [1.29, 1.82) is 0 Å². The molecule has 1 aromatic heterocycles. The van der Waals surface area contributed by atoms with Gasteiger partial charge in [0.2, 0.25) is 5.91 Å². The fourth-order valence-corrected chi connectivity index (χ4v) is 3.18. The van der Waals surface area contributed by atoms with Gasteiger partial charge in [0.05, 0.1) is 0 Å². The molecule has 3 rings (SSSR count). The number of rotatable bonds is 6. The number of urea groups is 1. The first-order chi connectivity index (χ1) is 15.1. The normalized spacial score (nSPS) is 12.2. The summed E-state index contributed by atoms with van der Waals surface area (Å²) in [6.07, 6.45) is 0.0837. The van der Waals surface area contributed by atoms with Crippen LogP contribution in [0.25, 0.3) is 0 Å². The molecule has 3 amide bonds. The number of hydrogen-bond acceptors (Lipinski definition) is 5. The Balaban J connectivity index is 1.51. The number of benzene rings is 2. The molecule has 8 nitrogen and oxygen atoms in total. The molecule has 0 aliphatic heterocycles. The molecule has 0 saturated heterocycles. The van der Waals surface area contributed by atoms with E-state index < -0.39 is 12.1 Å². The zero-order valence-electron chi connectivity index (χ0n) is 18.1. The van der Waals surface area contributed by atoms with Gasteiger partial charge in [-0.2, -0.15) is 0 Å².